The van der Waals surface area contributed by atoms with Crippen LogP contribution < -0.4 is 11.2 Å². The van der Waals surface area contributed by atoms with Gasteiger partial charge in [-0.1, -0.05) is 0 Å². The summed E-state index contributed by atoms with van der Waals surface area (Å²) in [7, 11) is 1.90. The van der Waals surface area contributed by atoms with Crippen LogP contribution in [0.1, 0.15) is 17.9 Å². The van der Waals surface area contributed by atoms with Gasteiger partial charge in [-0.3, -0.25) is 4.79 Å². The predicted molar refractivity (Wildman–Crippen MR) is 107 cm³/mol. The van der Waals surface area contributed by atoms with Crippen molar-refractivity contribution in [1.29, 1.82) is 0 Å². The van der Waals surface area contributed by atoms with E-state index >= 15 is 0 Å². The summed E-state index contributed by atoms with van der Waals surface area (Å²) in [5, 5.41) is 30.7. The number of anilines is 1. The van der Waals surface area contributed by atoms with Crippen LogP contribution in [0.15, 0.2) is 45.6 Å². The fourth-order valence-electron chi connectivity index (χ4n) is 4.08. The highest BCUT2D eigenvalue weighted by Gasteiger charge is 2.36. The molecule has 2 unspecified atom stereocenters. The van der Waals surface area contributed by atoms with E-state index in [4.69, 9.17) is 10.2 Å². The van der Waals surface area contributed by atoms with E-state index < -0.39 is 5.43 Å². The van der Waals surface area contributed by atoms with Gasteiger partial charge in [0.2, 0.25) is 0 Å². The first-order valence-corrected chi connectivity index (χ1v) is 9.10. The number of fused-ring (bicyclic) bond motifs is 1. The SMILES string of the molecule is CN1CCC(c2c(O)cc(O)c3c(=O)cc(-c4ccc(N)cc4)oc23)C1CO. The number of aliphatic hydroxyl groups is 1. The highest BCUT2D eigenvalue weighted by molar-refractivity contribution is 5.89. The molecular formula is C21H22N2O5. The topological polar surface area (TPSA) is 120 Å². The van der Waals surface area contributed by atoms with Crippen LogP contribution in [-0.4, -0.2) is 46.5 Å². The maximum absolute atomic E-state index is 12.8. The lowest BCUT2D eigenvalue weighted by molar-refractivity contribution is 0.172. The summed E-state index contributed by atoms with van der Waals surface area (Å²) in [5.74, 6) is -0.402. The number of phenolic OH excluding ortho intramolecular Hbond substituents is 2. The van der Waals surface area contributed by atoms with E-state index in [1.807, 2.05) is 11.9 Å². The van der Waals surface area contributed by atoms with Crippen molar-refractivity contribution in [3.63, 3.8) is 0 Å². The molecule has 0 radical (unpaired) electrons. The number of rotatable bonds is 3. The van der Waals surface area contributed by atoms with Crippen LogP contribution in [0.3, 0.4) is 0 Å². The van der Waals surface area contributed by atoms with E-state index in [9.17, 15) is 20.1 Å². The van der Waals surface area contributed by atoms with Gasteiger partial charge in [0.05, 0.1) is 6.61 Å². The number of nitrogen functional groups attached to an aromatic ring is 1. The number of hydrogen-bond donors (Lipinski definition) is 4. The van der Waals surface area contributed by atoms with E-state index in [2.05, 4.69) is 0 Å². The van der Waals surface area contributed by atoms with E-state index in [-0.39, 0.29) is 41.0 Å². The average molecular weight is 382 g/mol. The van der Waals surface area contributed by atoms with Gasteiger partial charge in [0.25, 0.3) is 0 Å². The van der Waals surface area contributed by atoms with Crippen LogP contribution in [-0.2, 0) is 0 Å². The zero-order valence-corrected chi connectivity index (χ0v) is 15.4. The summed E-state index contributed by atoms with van der Waals surface area (Å²) in [4.78, 5) is 14.8. The molecule has 0 aliphatic carbocycles. The average Bonchev–Trinajstić information content (AvgIpc) is 3.01. The molecule has 2 atom stereocenters. The van der Waals surface area contributed by atoms with Crippen molar-refractivity contribution in [2.24, 2.45) is 0 Å². The molecular weight excluding hydrogens is 360 g/mol. The zero-order chi connectivity index (χ0) is 20.0. The summed E-state index contributed by atoms with van der Waals surface area (Å²) >= 11 is 0. The van der Waals surface area contributed by atoms with Gasteiger partial charge in [0.1, 0.15) is 28.2 Å². The molecule has 5 N–H and O–H groups in total. The molecule has 1 saturated heterocycles. The summed E-state index contributed by atoms with van der Waals surface area (Å²) in [5.41, 5.74) is 7.15. The number of nitrogens with zero attached hydrogens (tertiary/aromatic N) is 1. The lowest BCUT2D eigenvalue weighted by Gasteiger charge is -2.24. The minimum absolute atomic E-state index is 0.0261. The van der Waals surface area contributed by atoms with Crippen molar-refractivity contribution in [3.8, 4) is 22.8 Å². The van der Waals surface area contributed by atoms with Crippen LogP contribution in [0.2, 0.25) is 0 Å². The highest BCUT2D eigenvalue weighted by Crippen LogP contribution is 2.44. The largest absolute Gasteiger partial charge is 0.507 e. The van der Waals surface area contributed by atoms with Crippen LogP contribution in [0.25, 0.3) is 22.3 Å². The molecule has 146 valence electrons. The Morgan fingerprint density at radius 3 is 2.57 bits per heavy atom. The van der Waals surface area contributed by atoms with Gasteiger partial charge in [0, 0.05) is 40.9 Å². The Morgan fingerprint density at radius 2 is 1.89 bits per heavy atom. The molecule has 28 heavy (non-hydrogen) atoms. The lowest BCUT2D eigenvalue weighted by Crippen LogP contribution is -2.32. The maximum atomic E-state index is 12.8. The Hall–Kier alpha value is -3.03. The van der Waals surface area contributed by atoms with Crippen molar-refractivity contribution in [2.45, 2.75) is 18.4 Å². The number of aliphatic hydroxyl groups excluding tert-OH is 1. The molecule has 7 nitrogen and oxygen atoms in total. The number of phenols is 2. The number of hydrogen-bond acceptors (Lipinski definition) is 7. The molecule has 0 amide bonds. The molecule has 7 heteroatoms. The third-order valence-corrected chi connectivity index (χ3v) is 5.57. The Morgan fingerprint density at radius 1 is 1.18 bits per heavy atom. The quantitative estimate of drug-likeness (QED) is 0.513. The molecule has 1 aliphatic rings. The van der Waals surface area contributed by atoms with Crippen molar-refractivity contribution >= 4 is 16.7 Å². The van der Waals surface area contributed by atoms with Crippen LogP contribution in [0, 0.1) is 0 Å². The maximum Gasteiger partial charge on any atom is 0.197 e. The molecule has 2 heterocycles. The minimum Gasteiger partial charge on any atom is -0.507 e. The zero-order valence-electron chi connectivity index (χ0n) is 15.4. The van der Waals surface area contributed by atoms with E-state index in [1.165, 1.54) is 12.1 Å². The van der Waals surface area contributed by atoms with Gasteiger partial charge in [0.15, 0.2) is 5.43 Å². The second kappa shape index (κ2) is 6.85. The van der Waals surface area contributed by atoms with E-state index in [1.54, 1.807) is 24.3 Å². The van der Waals surface area contributed by atoms with Gasteiger partial charge < -0.3 is 30.4 Å². The molecule has 1 aliphatic heterocycles. The van der Waals surface area contributed by atoms with Crippen LogP contribution in [0.4, 0.5) is 5.69 Å². The number of aromatic hydroxyl groups is 2. The summed E-state index contributed by atoms with van der Waals surface area (Å²) in [6.45, 7) is 0.643. The summed E-state index contributed by atoms with van der Waals surface area (Å²) in [6, 6.07) is 9.15. The highest BCUT2D eigenvalue weighted by atomic mass is 16.3. The van der Waals surface area contributed by atoms with Crippen LogP contribution in [0.5, 0.6) is 11.5 Å². The second-order valence-electron chi connectivity index (χ2n) is 7.26. The number of likely N-dealkylation sites (N-methyl/N-ethyl adjacent to an activating group) is 1. The third-order valence-electron chi connectivity index (χ3n) is 5.57. The fourth-order valence-corrected chi connectivity index (χ4v) is 4.08. The van der Waals surface area contributed by atoms with E-state index in [0.717, 1.165) is 6.54 Å². The van der Waals surface area contributed by atoms with Gasteiger partial charge in [-0.15, -0.1) is 0 Å². The van der Waals surface area contributed by atoms with Gasteiger partial charge in [-0.25, -0.2) is 0 Å². The molecule has 0 spiro atoms. The van der Waals surface area contributed by atoms with Crippen LogP contribution >= 0.6 is 0 Å². The predicted octanol–water partition coefficient (Wildman–Crippen LogP) is 2.23. The van der Waals surface area contributed by atoms with Crippen molar-refractivity contribution in [3.05, 3.63) is 52.2 Å². The number of nitrogens with two attached hydrogens (primary N) is 1. The first-order valence-electron chi connectivity index (χ1n) is 9.10. The molecule has 1 aromatic heterocycles. The molecule has 0 saturated carbocycles. The summed E-state index contributed by atoms with van der Waals surface area (Å²) in [6.07, 6.45) is 0.685. The summed E-state index contributed by atoms with van der Waals surface area (Å²) < 4.78 is 6.04. The molecule has 4 rings (SSSR count). The lowest BCUT2D eigenvalue weighted by atomic mass is 9.89. The number of likely N-dealkylation sites (tertiary alicyclic amines) is 1. The smallest absolute Gasteiger partial charge is 0.197 e. The Labute approximate surface area is 161 Å². The Bertz CT molecular complexity index is 1090. The first kappa shape index (κ1) is 18.3. The number of benzene rings is 2. The molecule has 0 bridgehead atoms. The molecule has 2 aromatic carbocycles. The molecule has 3 aromatic rings. The molecule has 1 fully saturated rings. The standard InChI is InChI=1S/C21H22N2O5/c1-23-7-6-13(14(23)10-24)19-15(25)8-16(26)20-17(27)9-18(28-21(19)20)11-2-4-12(22)5-3-11/h2-5,8-9,13-14,24-26H,6-7,10,22H2,1H3. The van der Waals surface area contributed by atoms with Gasteiger partial charge >= 0.3 is 0 Å². The fraction of sp³-hybridized carbons (Fsp3) is 0.286. The van der Waals surface area contributed by atoms with E-state index in [0.29, 0.717) is 29.0 Å². The van der Waals surface area contributed by atoms with Crippen molar-refractivity contribution < 1.29 is 19.7 Å². The Balaban J connectivity index is 1.99. The van der Waals surface area contributed by atoms with Gasteiger partial charge in [-0.05, 0) is 44.3 Å². The van der Waals surface area contributed by atoms with Crippen molar-refractivity contribution in [1.82, 2.24) is 4.90 Å². The first-order chi connectivity index (χ1) is 13.4. The third kappa shape index (κ3) is 2.89. The monoisotopic (exact) mass is 382 g/mol. The van der Waals surface area contributed by atoms with Gasteiger partial charge in [-0.2, -0.15) is 0 Å². The second-order valence-corrected chi connectivity index (χ2v) is 7.26. The van der Waals surface area contributed by atoms with Crippen molar-refractivity contribution in [2.75, 3.05) is 25.9 Å². The Kier molecular flexibility index (Phi) is 4.49. The minimum atomic E-state index is -0.404. The normalized spacial score (nSPS) is 20.1.